The van der Waals surface area contributed by atoms with Crippen molar-refractivity contribution < 1.29 is 9.59 Å². The number of nitrogens with one attached hydrogen (secondary N) is 1. The van der Waals surface area contributed by atoms with Crippen molar-refractivity contribution in [2.75, 3.05) is 38.1 Å². The Hall–Kier alpha value is -2.18. The van der Waals surface area contributed by atoms with E-state index in [2.05, 4.69) is 20.2 Å². The van der Waals surface area contributed by atoms with Gasteiger partial charge >= 0.3 is 0 Å². The van der Waals surface area contributed by atoms with Gasteiger partial charge in [0.05, 0.1) is 5.92 Å². The van der Waals surface area contributed by atoms with Gasteiger partial charge in [-0.1, -0.05) is 0 Å². The zero-order chi connectivity index (χ0) is 17.1. The molecule has 0 spiro atoms. The predicted octanol–water partition coefficient (Wildman–Crippen LogP) is 0.596. The lowest BCUT2D eigenvalue weighted by atomic mass is 9.96. The van der Waals surface area contributed by atoms with Crippen LogP contribution in [0.1, 0.15) is 25.1 Å². The van der Waals surface area contributed by atoms with Gasteiger partial charge in [0.25, 0.3) is 0 Å². The average Bonchev–Trinajstić information content (AvgIpc) is 2.92. The van der Waals surface area contributed by atoms with Crippen LogP contribution in [0.5, 0.6) is 0 Å². The van der Waals surface area contributed by atoms with E-state index >= 15 is 0 Å². The molecule has 2 aliphatic heterocycles. The van der Waals surface area contributed by atoms with Crippen LogP contribution < -0.4 is 10.2 Å². The van der Waals surface area contributed by atoms with E-state index in [1.807, 2.05) is 13.0 Å². The molecule has 1 aromatic rings. The standard InChI is InChI=1S/C17H25N5O2/c1-12-18-6-3-15(20-12)22-7-4-13(5-8-22)10-19-17(24)14-9-16(23)21(2)11-14/h3,6,13-14H,4-5,7-11H2,1-2H3,(H,19,24). The molecule has 7 nitrogen and oxygen atoms in total. The third-order valence-electron chi connectivity index (χ3n) is 4.98. The fourth-order valence-electron chi connectivity index (χ4n) is 3.41. The molecule has 0 bridgehead atoms. The molecular weight excluding hydrogens is 306 g/mol. The third kappa shape index (κ3) is 3.83. The minimum atomic E-state index is -0.188. The maximum atomic E-state index is 12.2. The summed E-state index contributed by atoms with van der Waals surface area (Å²) in [6, 6.07) is 1.95. The highest BCUT2D eigenvalue weighted by atomic mass is 16.2. The first-order chi connectivity index (χ1) is 11.5. The van der Waals surface area contributed by atoms with Gasteiger partial charge < -0.3 is 15.1 Å². The fraction of sp³-hybridized carbons (Fsp3) is 0.647. The molecule has 0 saturated carbocycles. The largest absolute Gasteiger partial charge is 0.356 e. The molecule has 2 amide bonds. The number of rotatable bonds is 4. The molecule has 130 valence electrons. The van der Waals surface area contributed by atoms with Crippen molar-refractivity contribution >= 4 is 17.6 Å². The Kier molecular flexibility index (Phi) is 4.97. The summed E-state index contributed by atoms with van der Waals surface area (Å²) < 4.78 is 0. The molecule has 3 heterocycles. The third-order valence-corrected chi connectivity index (χ3v) is 4.98. The van der Waals surface area contributed by atoms with Gasteiger partial charge in [-0.15, -0.1) is 0 Å². The maximum absolute atomic E-state index is 12.2. The Morgan fingerprint density at radius 3 is 2.75 bits per heavy atom. The Bertz CT molecular complexity index is 613. The number of aromatic nitrogens is 2. The molecule has 0 radical (unpaired) electrons. The Labute approximate surface area is 142 Å². The smallest absolute Gasteiger partial charge is 0.225 e. The SMILES string of the molecule is Cc1nccc(N2CCC(CNC(=O)C3CC(=O)N(C)C3)CC2)n1. The first-order valence-electron chi connectivity index (χ1n) is 8.59. The van der Waals surface area contributed by atoms with Crippen molar-refractivity contribution in [2.45, 2.75) is 26.2 Å². The molecule has 2 aliphatic rings. The number of carbonyl (C=O) groups excluding carboxylic acids is 2. The van der Waals surface area contributed by atoms with Crippen molar-refractivity contribution in [3.63, 3.8) is 0 Å². The summed E-state index contributed by atoms with van der Waals surface area (Å²) in [5.74, 6) is 2.15. The molecular formula is C17H25N5O2. The first kappa shape index (κ1) is 16.7. The summed E-state index contributed by atoms with van der Waals surface area (Å²) in [6.07, 6.45) is 4.21. The maximum Gasteiger partial charge on any atom is 0.225 e. The second kappa shape index (κ2) is 7.15. The predicted molar refractivity (Wildman–Crippen MR) is 90.5 cm³/mol. The monoisotopic (exact) mass is 331 g/mol. The molecule has 1 atom stereocenters. The summed E-state index contributed by atoms with van der Waals surface area (Å²) in [6.45, 7) is 5.03. The molecule has 1 aromatic heterocycles. The van der Waals surface area contributed by atoms with E-state index in [0.717, 1.165) is 37.6 Å². The number of amides is 2. The average molecular weight is 331 g/mol. The summed E-state index contributed by atoms with van der Waals surface area (Å²) in [5, 5.41) is 3.04. The Morgan fingerprint density at radius 1 is 1.38 bits per heavy atom. The van der Waals surface area contributed by atoms with Crippen molar-refractivity contribution in [3.8, 4) is 0 Å². The molecule has 0 aliphatic carbocycles. The highest BCUT2D eigenvalue weighted by molar-refractivity contribution is 5.89. The lowest BCUT2D eigenvalue weighted by Gasteiger charge is -2.33. The molecule has 2 saturated heterocycles. The van der Waals surface area contributed by atoms with Gasteiger partial charge in [-0.05, 0) is 31.7 Å². The molecule has 7 heteroatoms. The van der Waals surface area contributed by atoms with Crippen LogP contribution in [0.3, 0.4) is 0 Å². The fourth-order valence-corrected chi connectivity index (χ4v) is 3.41. The zero-order valence-electron chi connectivity index (χ0n) is 14.4. The van der Waals surface area contributed by atoms with E-state index in [-0.39, 0.29) is 17.7 Å². The lowest BCUT2D eigenvalue weighted by molar-refractivity contribution is -0.128. The van der Waals surface area contributed by atoms with Crippen molar-refractivity contribution in [1.82, 2.24) is 20.2 Å². The van der Waals surface area contributed by atoms with E-state index in [1.54, 1.807) is 18.1 Å². The second-order valence-electron chi connectivity index (χ2n) is 6.81. The van der Waals surface area contributed by atoms with Gasteiger partial charge in [0, 0.05) is 45.8 Å². The second-order valence-corrected chi connectivity index (χ2v) is 6.81. The summed E-state index contributed by atoms with van der Waals surface area (Å²) in [5.41, 5.74) is 0. The first-order valence-corrected chi connectivity index (χ1v) is 8.59. The molecule has 0 aromatic carbocycles. The molecule has 24 heavy (non-hydrogen) atoms. The number of hydrogen-bond acceptors (Lipinski definition) is 5. The van der Waals surface area contributed by atoms with Crippen LogP contribution in [-0.4, -0.2) is 59.9 Å². The van der Waals surface area contributed by atoms with Crippen molar-refractivity contribution in [2.24, 2.45) is 11.8 Å². The van der Waals surface area contributed by atoms with Gasteiger partial charge in [-0.2, -0.15) is 0 Å². The Morgan fingerprint density at radius 2 is 2.12 bits per heavy atom. The molecule has 1 unspecified atom stereocenters. The number of piperidine rings is 1. The number of hydrogen-bond donors (Lipinski definition) is 1. The lowest BCUT2D eigenvalue weighted by Crippen LogP contribution is -2.40. The van der Waals surface area contributed by atoms with Gasteiger partial charge in [0.1, 0.15) is 11.6 Å². The van der Waals surface area contributed by atoms with E-state index in [9.17, 15) is 9.59 Å². The van der Waals surface area contributed by atoms with E-state index < -0.39 is 0 Å². The number of anilines is 1. The number of carbonyl (C=O) groups is 2. The number of likely N-dealkylation sites (tertiary alicyclic amines) is 1. The Balaban J connectivity index is 1.43. The van der Waals surface area contributed by atoms with Gasteiger partial charge in [-0.3, -0.25) is 9.59 Å². The minimum Gasteiger partial charge on any atom is -0.356 e. The summed E-state index contributed by atoms with van der Waals surface area (Å²) >= 11 is 0. The number of nitrogens with zero attached hydrogens (tertiary/aromatic N) is 4. The van der Waals surface area contributed by atoms with Crippen molar-refractivity contribution in [3.05, 3.63) is 18.1 Å². The van der Waals surface area contributed by atoms with Gasteiger partial charge in [0.2, 0.25) is 11.8 Å². The van der Waals surface area contributed by atoms with E-state index in [0.29, 0.717) is 25.4 Å². The number of aryl methyl sites for hydroxylation is 1. The van der Waals surface area contributed by atoms with Crippen molar-refractivity contribution in [1.29, 1.82) is 0 Å². The summed E-state index contributed by atoms with van der Waals surface area (Å²) in [7, 11) is 1.75. The molecule has 2 fully saturated rings. The normalized spacial score (nSPS) is 22.1. The van der Waals surface area contributed by atoms with Gasteiger partial charge in [-0.25, -0.2) is 9.97 Å². The van der Waals surface area contributed by atoms with E-state index in [4.69, 9.17) is 0 Å². The minimum absolute atomic E-state index is 0.0153. The van der Waals surface area contributed by atoms with Crippen LogP contribution in [0.15, 0.2) is 12.3 Å². The van der Waals surface area contributed by atoms with Crippen LogP contribution >= 0.6 is 0 Å². The molecule has 3 rings (SSSR count). The van der Waals surface area contributed by atoms with Gasteiger partial charge in [0.15, 0.2) is 0 Å². The topological polar surface area (TPSA) is 78.4 Å². The highest BCUT2D eigenvalue weighted by Gasteiger charge is 2.32. The van der Waals surface area contributed by atoms with Crippen LogP contribution in [0.25, 0.3) is 0 Å². The van der Waals surface area contributed by atoms with Crippen LogP contribution in [0.2, 0.25) is 0 Å². The highest BCUT2D eigenvalue weighted by Crippen LogP contribution is 2.22. The molecule has 1 N–H and O–H groups in total. The zero-order valence-corrected chi connectivity index (χ0v) is 14.4. The van der Waals surface area contributed by atoms with Crippen LogP contribution in [0.4, 0.5) is 5.82 Å². The van der Waals surface area contributed by atoms with E-state index in [1.165, 1.54) is 0 Å². The van der Waals surface area contributed by atoms with Crippen LogP contribution in [0, 0.1) is 18.8 Å². The summed E-state index contributed by atoms with van der Waals surface area (Å²) in [4.78, 5) is 36.2. The van der Waals surface area contributed by atoms with Crippen LogP contribution in [-0.2, 0) is 9.59 Å². The quantitative estimate of drug-likeness (QED) is 0.874.